The maximum atomic E-state index is 11.7. The van der Waals surface area contributed by atoms with Gasteiger partial charge in [-0.2, -0.15) is 0 Å². The molecule has 1 atom stereocenters. The Morgan fingerprint density at radius 3 is 2.78 bits per heavy atom. The summed E-state index contributed by atoms with van der Waals surface area (Å²) in [5.41, 5.74) is 0. The number of piperidine rings is 1. The molecule has 0 bridgehead atoms. The molecule has 0 aromatic heterocycles. The number of nitrogens with one attached hydrogen (secondary N) is 2. The number of carbonyl (C=O) groups excluding carboxylic acids is 1. The third-order valence-corrected chi connectivity index (χ3v) is 3.87. The molecule has 4 nitrogen and oxygen atoms in total. The fourth-order valence-electron chi connectivity index (χ4n) is 2.68. The minimum Gasteiger partial charge on any atom is -0.353 e. The van der Waals surface area contributed by atoms with Gasteiger partial charge in [0.1, 0.15) is 0 Å². The molecule has 18 heavy (non-hydrogen) atoms. The Balaban J connectivity index is 1.71. The van der Waals surface area contributed by atoms with Crippen LogP contribution in [0.1, 0.15) is 45.4 Å². The van der Waals surface area contributed by atoms with Crippen molar-refractivity contribution in [1.82, 2.24) is 15.5 Å². The topological polar surface area (TPSA) is 44.4 Å². The van der Waals surface area contributed by atoms with E-state index in [9.17, 15) is 4.79 Å². The van der Waals surface area contributed by atoms with Crippen LogP contribution in [0.3, 0.4) is 0 Å². The zero-order chi connectivity index (χ0) is 12.8. The van der Waals surface area contributed by atoms with Crippen LogP contribution in [0, 0.1) is 0 Å². The molecule has 1 amide bonds. The van der Waals surface area contributed by atoms with E-state index in [1.807, 2.05) is 0 Å². The molecule has 0 radical (unpaired) electrons. The molecule has 0 aromatic carbocycles. The minimum atomic E-state index is 0.238. The van der Waals surface area contributed by atoms with Gasteiger partial charge in [-0.25, -0.2) is 0 Å². The Morgan fingerprint density at radius 1 is 1.33 bits per heavy atom. The van der Waals surface area contributed by atoms with Crippen molar-refractivity contribution in [2.75, 3.05) is 26.2 Å². The fraction of sp³-hybridized carbons (Fsp3) is 0.929. The summed E-state index contributed by atoms with van der Waals surface area (Å²) in [5.74, 6) is 0.238. The lowest BCUT2D eigenvalue weighted by molar-refractivity contribution is -0.121. The van der Waals surface area contributed by atoms with Crippen molar-refractivity contribution < 1.29 is 4.79 Å². The molecule has 0 aromatic rings. The van der Waals surface area contributed by atoms with E-state index in [2.05, 4.69) is 22.5 Å². The molecule has 1 unspecified atom stereocenters. The summed E-state index contributed by atoms with van der Waals surface area (Å²) >= 11 is 0. The Hall–Kier alpha value is -0.610. The quantitative estimate of drug-likeness (QED) is 0.714. The smallest absolute Gasteiger partial charge is 0.221 e. The van der Waals surface area contributed by atoms with Gasteiger partial charge in [-0.1, -0.05) is 6.92 Å². The summed E-state index contributed by atoms with van der Waals surface area (Å²) in [7, 11) is 0. The SMILES string of the molecule is CCCN(CCC(=O)NC1CC1)C1CCCNC1. The predicted molar refractivity (Wildman–Crippen MR) is 73.5 cm³/mol. The van der Waals surface area contributed by atoms with Crippen LogP contribution in [-0.4, -0.2) is 49.1 Å². The van der Waals surface area contributed by atoms with Gasteiger partial charge in [-0.3, -0.25) is 9.69 Å². The summed E-state index contributed by atoms with van der Waals surface area (Å²) < 4.78 is 0. The number of carbonyl (C=O) groups is 1. The standard InChI is InChI=1S/C14H27N3O/c1-2-9-17(13-4-3-8-15-11-13)10-7-14(18)16-12-5-6-12/h12-13,15H,2-11H2,1H3,(H,16,18). The van der Waals surface area contributed by atoms with Crippen molar-refractivity contribution in [2.45, 2.75) is 57.5 Å². The van der Waals surface area contributed by atoms with E-state index in [1.165, 1.54) is 32.1 Å². The van der Waals surface area contributed by atoms with E-state index in [0.717, 1.165) is 26.2 Å². The van der Waals surface area contributed by atoms with Gasteiger partial charge in [-0.05, 0) is 45.2 Å². The first-order chi connectivity index (χ1) is 8.79. The average Bonchev–Trinajstić information content (AvgIpc) is 3.19. The second-order valence-corrected chi connectivity index (χ2v) is 5.63. The van der Waals surface area contributed by atoms with Crippen LogP contribution >= 0.6 is 0 Å². The van der Waals surface area contributed by atoms with Crippen LogP contribution in [-0.2, 0) is 4.79 Å². The highest BCUT2D eigenvalue weighted by Gasteiger charge is 2.24. The van der Waals surface area contributed by atoms with Crippen LogP contribution in [0.2, 0.25) is 0 Å². The van der Waals surface area contributed by atoms with Crippen molar-refractivity contribution in [3.63, 3.8) is 0 Å². The van der Waals surface area contributed by atoms with Crippen LogP contribution in [0.25, 0.3) is 0 Å². The Kier molecular flexibility index (Phi) is 5.45. The van der Waals surface area contributed by atoms with E-state index in [-0.39, 0.29) is 5.91 Å². The molecular formula is C14H27N3O. The fourth-order valence-corrected chi connectivity index (χ4v) is 2.68. The molecule has 2 fully saturated rings. The summed E-state index contributed by atoms with van der Waals surface area (Å²) in [6.45, 7) is 6.48. The molecule has 1 aliphatic carbocycles. The first-order valence-corrected chi connectivity index (χ1v) is 7.53. The molecule has 1 heterocycles. The van der Waals surface area contributed by atoms with Crippen LogP contribution in [0.5, 0.6) is 0 Å². The van der Waals surface area contributed by atoms with Crippen molar-refractivity contribution in [1.29, 1.82) is 0 Å². The molecule has 1 aliphatic heterocycles. The lowest BCUT2D eigenvalue weighted by atomic mass is 10.1. The highest BCUT2D eigenvalue weighted by molar-refractivity contribution is 5.76. The van der Waals surface area contributed by atoms with E-state index in [0.29, 0.717) is 18.5 Å². The van der Waals surface area contributed by atoms with Gasteiger partial charge in [-0.15, -0.1) is 0 Å². The molecule has 2 aliphatic rings. The first kappa shape index (κ1) is 13.8. The summed E-state index contributed by atoms with van der Waals surface area (Å²) in [5, 5.41) is 6.53. The van der Waals surface area contributed by atoms with Crippen LogP contribution in [0.4, 0.5) is 0 Å². The molecule has 2 N–H and O–H groups in total. The van der Waals surface area contributed by atoms with Gasteiger partial charge in [0.2, 0.25) is 5.91 Å². The summed E-state index contributed by atoms with van der Waals surface area (Å²) in [4.78, 5) is 14.2. The molecule has 2 rings (SSSR count). The molecule has 0 spiro atoms. The van der Waals surface area contributed by atoms with Crippen LogP contribution in [0.15, 0.2) is 0 Å². The highest BCUT2D eigenvalue weighted by Crippen LogP contribution is 2.18. The molecular weight excluding hydrogens is 226 g/mol. The van der Waals surface area contributed by atoms with Gasteiger partial charge < -0.3 is 10.6 Å². The Morgan fingerprint density at radius 2 is 2.17 bits per heavy atom. The maximum absolute atomic E-state index is 11.7. The number of hydrogen-bond donors (Lipinski definition) is 2. The van der Waals surface area contributed by atoms with Crippen molar-refractivity contribution in [3.8, 4) is 0 Å². The monoisotopic (exact) mass is 253 g/mol. The third kappa shape index (κ3) is 4.58. The molecule has 1 saturated heterocycles. The van der Waals surface area contributed by atoms with Crippen molar-refractivity contribution in [2.24, 2.45) is 0 Å². The molecule has 1 saturated carbocycles. The van der Waals surface area contributed by atoms with E-state index in [4.69, 9.17) is 0 Å². The Bertz CT molecular complexity index is 260. The van der Waals surface area contributed by atoms with E-state index < -0.39 is 0 Å². The van der Waals surface area contributed by atoms with E-state index >= 15 is 0 Å². The third-order valence-electron chi connectivity index (χ3n) is 3.87. The second-order valence-electron chi connectivity index (χ2n) is 5.63. The van der Waals surface area contributed by atoms with Gasteiger partial charge in [0.05, 0.1) is 0 Å². The average molecular weight is 253 g/mol. The maximum Gasteiger partial charge on any atom is 0.221 e. The summed E-state index contributed by atoms with van der Waals surface area (Å²) in [6.07, 6.45) is 6.72. The van der Waals surface area contributed by atoms with Gasteiger partial charge in [0.25, 0.3) is 0 Å². The zero-order valence-electron chi connectivity index (χ0n) is 11.6. The number of rotatable bonds is 7. The predicted octanol–water partition coefficient (Wildman–Crippen LogP) is 1.12. The van der Waals surface area contributed by atoms with Crippen molar-refractivity contribution in [3.05, 3.63) is 0 Å². The van der Waals surface area contributed by atoms with Gasteiger partial charge >= 0.3 is 0 Å². The lowest BCUT2D eigenvalue weighted by Gasteiger charge is -2.34. The summed E-state index contributed by atoms with van der Waals surface area (Å²) in [6, 6.07) is 1.13. The second kappa shape index (κ2) is 7.10. The molecule has 104 valence electrons. The lowest BCUT2D eigenvalue weighted by Crippen LogP contribution is -2.47. The van der Waals surface area contributed by atoms with E-state index in [1.54, 1.807) is 0 Å². The highest BCUT2D eigenvalue weighted by atomic mass is 16.1. The normalized spacial score (nSPS) is 24.2. The van der Waals surface area contributed by atoms with Gasteiger partial charge in [0, 0.05) is 31.6 Å². The van der Waals surface area contributed by atoms with Crippen molar-refractivity contribution >= 4 is 5.91 Å². The number of nitrogens with zero attached hydrogens (tertiary/aromatic N) is 1. The Labute approximate surface area is 110 Å². The zero-order valence-corrected chi connectivity index (χ0v) is 11.6. The van der Waals surface area contributed by atoms with Gasteiger partial charge in [0.15, 0.2) is 0 Å². The number of hydrogen-bond acceptors (Lipinski definition) is 3. The van der Waals surface area contributed by atoms with Crippen LogP contribution < -0.4 is 10.6 Å². The minimum absolute atomic E-state index is 0.238. The number of amides is 1. The molecule has 4 heteroatoms. The largest absolute Gasteiger partial charge is 0.353 e. The first-order valence-electron chi connectivity index (χ1n) is 7.53.